The second kappa shape index (κ2) is 7.77. The normalized spacial score (nSPS) is 10.7. The minimum atomic E-state index is -0.433. The third-order valence-electron chi connectivity index (χ3n) is 4.05. The molecule has 3 aromatic rings. The van der Waals surface area contributed by atoms with Crippen LogP contribution in [0.1, 0.15) is 18.1 Å². The second-order valence-corrected chi connectivity index (χ2v) is 5.75. The van der Waals surface area contributed by atoms with Gasteiger partial charge < -0.3 is 4.74 Å². The maximum Gasteiger partial charge on any atom is 0.269 e. The number of benzene rings is 2. The summed E-state index contributed by atoms with van der Waals surface area (Å²) in [5.74, 6) is 0.251. The van der Waals surface area contributed by atoms with Gasteiger partial charge in [0.1, 0.15) is 5.82 Å². The predicted octanol–water partition coefficient (Wildman–Crippen LogP) is 4.31. The number of aryl methyl sites for hydroxylation is 1. The Hall–Kier alpha value is -3.22. The lowest BCUT2D eigenvalue weighted by atomic mass is 10.0. The first kappa shape index (κ1) is 17.6. The van der Waals surface area contributed by atoms with Crippen molar-refractivity contribution in [3.05, 3.63) is 75.6 Å². The number of hydrogen-bond acceptors (Lipinski definition) is 4. The highest BCUT2D eigenvalue weighted by Crippen LogP contribution is 2.30. The minimum absolute atomic E-state index is 0.0335. The van der Waals surface area contributed by atoms with E-state index >= 15 is 0 Å². The van der Waals surface area contributed by atoms with Crippen molar-refractivity contribution in [1.82, 2.24) is 10.2 Å². The number of ether oxygens (including phenoxy) is 1. The lowest BCUT2D eigenvalue weighted by molar-refractivity contribution is -0.384. The number of hydrogen-bond donors (Lipinski definition) is 1. The van der Waals surface area contributed by atoms with Gasteiger partial charge in [-0.05, 0) is 49.6 Å². The van der Waals surface area contributed by atoms with E-state index in [1.807, 2.05) is 6.92 Å². The Morgan fingerprint density at radius 2 is 1.81 bits per heavy atom. The third kappa shape index (κ3) is 3.88. The molecule has 0 aliphatic heterocycles. The molecule has 0 radical (unpaired) electrons. The average Bonchev–Trinajstić information content (AvgIpc) is 3.04. The van der Waals surface area contributed by atoms with Gasteiger partial charge in [0, 0.05) is 23.3 Å². The fourth-order valence-electron chi connectivity index (χ4n) is 2.75. The fourth-order valence-corrected chi connectivity index (χ4v) is 2.75. The van der Waals surface area contributed by atoms with E-state index in [1.165, 1.54) is 24.3 Å². The van der Waals surface area contributed by atoms with E-state index in [9.17, 15) is 14.5 Å². The Morgan fingerprint density at radius 1 is 1.12 bits per heavy atom. The highest BCUT2D eigenvalue weighted by atomic mass is 19.1. The number of H-pyrrole nitrogens is 1. The quantitative estimate of drug-likeness (QED) is 0.506. The van der Waals surface area contributed by atoms with Crippen molar-refractivity contribution in [2.45, 2.75) is 19.8 Å². The highest BCUT2D eigenvalue weighted by molar-refractivity contribution is 5.66. The lowest BCUT2D eigenvalue weighted by Crippen LogP contribution is -1.98. The van der Waals surface area contributed by atoms with Gasteiger partial charge in [-0.1, -0.05) is 12.1 Å². The summed E-state index contributed by atoms with van der Waals surface area (Å²) in [6.07, 6.45) is 1.34. The van der Waals surface area contributed by atoms with Gasteiger partial charge in [-0.2, -0.15) is 0 Å². The molecule has 6 nitrogen and oxygen atoms in total. The van der Waals surface area contributed by atoms with E-state index in [-0.39, 0.29) is 11.5 Å². The fraction of sp³-hybridized carbons (Fsp3) is 0.211. The topological polar surface area (TPSA) is 81.0 Å². The molecule has 0 aliphatic carbocycles. The largest absolute Gasteiger partial charge is 0.477 e. The van der Waals surface area contributed by atoms with Crippen LogP contribution in [0, 0.1) is 15.9 Å². The Bertz CT molecular complexity index is 889. The lowest BCUT2D eigenvalue weighted by Gasteiger charge is -2.07. The van der Waals surface area contributed by atoms with Crippen LogP contribution in [0.4, 0.5) is 10.1 Å². The van der Waals surface area contributed by atoms with Crippen LogP contribution in [0.2, 0.25) is 0 Å². The van der Waals surface area contributed by atoms with E-state index in [2.05, 4.69) is 10.2 Å². The minimum Gasteiger partial charge on any atom is -0.477 e. The van der Waals surface area contributed by atoms with Crippen LogP contribution < -0.4 is 4.74 Å². The highest BCUT2D eigenvalue weighted by Gasteiger charge is 2.17. The molecule has 0 bridgehead atoms. The van der Waals surface area contributed by atoms with Gasteiger partial charge in [0.15, 0.2) is 0 Å². The molecule has 26 heavy (non-hydrogen) atoms. The van der Waals surface area contributed by atoms with E-state index in [4.69, 9.17) is 4.74 Å². The van der Waals surface area contributed by atoms with Gasteiger partial charge in [0.05, 0.1) is 17.2 Å². The van der Waals surface area contributed by atoms with E-state index in [1.54, 1.807) is 24.3 Å². The van der Waals surface area contributed by atoms with Crippen LogP contribution in [0.3, 0.4) is 0 Å². The molecule has 0 amide bonds. The van der Waals surface area contributed by atoms with Crippen LogP contribution in [-0.4, -0.2) is 21.7 Å². The molecule has 1 N–H and O–H groups in total. The molecule has 2 aromatic carbocycles. The molecule has 0 saturated carbocycles. The average molecular weight is 355 g/mol. The van der Waals surface area contributed by atoms with E-state index in [0.29, 0.717) is 25.3 Å². The summed E-state index contributed by atoms with van der Waals surface area (Å²) in [6, 6.07) is 12.7. The summed E-state index contributed by atoms with van der Waals surface area (Å²) in [5.41, 5.74) is 3.49. The van der Waals surface area contributed by atoms with Crippen LogP contribution >= 0.6 is 0 Å². The maximum absolute atomic E-state index is 13.1. The number of aromatic amines is 1. The van der Waals surface area contributed by atoms with Crippen molar-refractivity contribution >= 4 is 5.69 Å². The molecule has 1 heterocycles. The zero-order chi connectivity index (χ0) is 18.5. The predicted molar refractivity (Wildman–Crippen MR) is 95.7 cm³/mol. The molecule has 0 aliphatic rings. The van der Waals surface area contributed by atoms with Gasteiger partial charge >= 0.3 is 0 Å². The summed E-state index contributed by atoms with van der Waals surface area (Å²) >= 11 is 0. The van der Waals surface area contributed by atoms with Crippen molar-refractivity contribution in [1.29, 1.82) is 0 Å². The summed E-state index contributed by atoms with van der Waals surface area (Å²) < 4.78 is 18.7. The van der Waals surface area contributed by atoms with E-state index in [0.717, 1.165) is 22.4 Å². The molecule has 7 heteroatoms. The van der Waals surface area contributed by atoms with Gasteiger partial charge in [0.25, 0.3) is 5.69 Å². The Morgan fingerprint density at radius 3 is 2.42 bits per heavy atom. The van der Waals surface area contributed by atoms with E-state index < -0.39 is 4.92 Å². The number of nitro benzene ring substituents is 1. The zero-order valence-electron chi connectivity index (χ0n) is 14.2. The van der Waals surface area contributed by atoms with Crippen molar-refractivity contribution < 1.29 is 14.1 Å². The number of halogens is 1. The second-order valence-electron chi connectivity index (χ2n) is 5.75. The molecule has 1 aromatic heterocycles. The van der Waals surface area contributed by atoms with Crippen molar-refractivity contribution in [3.8, 4) is 17.1 Å². The number of rotatable bonds is 7. The molecule has 134 valence electrons. The van der Waals surface area contributed by atoms with Gasteiger partial charge in [-0.25, -0.2) is 4.39 Å². The molecule has 0 atom stereocenters. The smallest absolute Gasteiger partial charge is 0.269 e. The Labute approximate surface area is 149 Å². The van der Waals surface area contributed by atoms with Gasteiger partial charge in [-0.3, -0.25) is 15.2 Å². The van der Waals surface area contributed by atoms with Crippen molar-refractivity contribution in [2.75, 3.05) is 6.61 Å². The molecule has 0 unspecified atom stereocenters. The summed E-state index contributed by atoms with van der Waals surface area (Å²) in [5, 5.41) is 18.0. The number of aromatic nitrogens is 2. The monoisotopic (exact) mass is 355 g/mol. The van der Waals surface area contributed by atoms with Crippen LogP contribution in [0.15, 0.2) is 48.5 Å². The zero-order valence-corrected chi connectivity index (χ0v) is 14.2. The first-order chi connectivity index (χ1) is 12.6. The van der Waals surface area contributed by atoms with Crippen molar-refractivity contribution in [3.63, 3.8) is 0 Å². The standard InChI is InChI=1S/C19H18FN3O3/c1-2-26-19-17(12-5-13-3-8-15(20)9-4-13)18(21-22-19)14-6-10-16(11-7-14)23(24)25/h3-4,6-11H,2,5,12H2,1H3,(H,21,22). The summed E-state index contributed by atoms with van der Waals surface area (Å²) in [4.78, 5) is 10.4. The number of nitro groups is 1. The van der Waals surface area contributed by atoms with Crippen molar-refractivity contribution in [2.24, 2.45) is 0 Å². The molecule has 0 saturated heterocycles. The number of nitrogens with zero attached hydrogens (tertiary/aromatic N) is 2. The Kier molecular flexibility index (Phi) is 5.26. The first-order valence-corrected chi connectivity index (χ1v) is 8.27. The molecule has 0 spiro atoms. The number of non-ortho nitro benzene ring substituents is 1. The molecular weight excluding hydrogens is 337 g/mol. The van der Waals surface area contributed by atoms with Crippen LogP contribution in [0.5, 0.6) is 5.88 Å². The first-order valence-electron chi connectivity index (χ1n) is 8.27. The molecule has 3 rings (SSSR count). The molecular formula is C19H18FN3O3. The SMILES string of the molecule is CCOc1n[nH]c(-c2ccc([N+](=O)[O-])cc2)c1CCc1ccc(F)cc1. The molecule has 0 fully saturated rings. The number of nitrogens with one attached hydrogen (secondary N) is 1. The summed E-state index contributed by atoms with van der Waals surface area (Å²) in [6.45, 7) is 2.36. The Balaban J connectivity index is 1.88. The maximum atomic E-state index is 13.1. The van der Waals surface area contributed by atoms with Gasteiger partial charge in [-0.15, -0.1) is 5.10 Å². The summed E-state index contributed by atoms with van der Waals surface area (Å²) in [7, 11) is 0. The van der Waals surface area contributed by atoms with Crippen LogP contribution in [-0.2, 0) is 12.8 Å². The van der Waals surface area contributed by atoms with Gasteiger partial charge in [0.2, 0.25) is 5.88 Å². The third-order valence-corrected chi connectivity index (χ3v) is 4.05. The van der Waals surface area contributed by atoms with Crippen LogP contribution in [0.25, 0.3) is 11.3 Å².